The van der Waals surface area contributed by atoms with Gasteiger partial charge in [0.1, 0.15) is 6.33 Å². The second kappa shape index (κ2) is 7.07. The molecule has 0 N–H and O–H groups in total. The summed E-state index contributed by atoms with van der Waals surface area (Å²) in [5.74, 6) is 1.59. The van der Waals surface area contributed by atoms with Gasteiger partial charge in [-0.2, -0.15) is 5.10 Å². The van der Waals surface area contributed by atoms with Crippen molar-refractivity contribution in [1.29, 1.82) is 0 Å². The minimum absolute atomic E-state index is 0.159. The summed E-state index contributed by atoms with van der Waals surface area (Å²) in [5, 5.41) is 5.83. The highest BCUT2D eigenvalue weighted by Crippen LogP contribution is 2.44. The SMILES string of the molecule is O=C1CC2(CCCCC2)CN1Cc1nc2n(n1)Cc1c(Cl)ncn1-c1ccc(Cl)cc1-2. The predicted octanol–water partition coefficient (Wildman–Crippen LogP) is 4.48. The molecule has 0 bridgehead atoms. The van der Waals surface area contributed by atoms with Crippen LogP contribution in [0.4, 0.5) is 0 Å². The maximum absolute atomic E-state index is 12.8. The van der Waals surface area contributed by atoms with Crippen LogP contribution in [0.15, 0.2) is 24.5 Å². The largest absolute Gasteiger partial charge is 0.334 e. The summed E-state index contributed by atoms with van der Waals surface area (Å²) in [6, 6.07) is 5.68. The van der Waals surface area contributed by atoms with Crippen molar-refractivity contribution in [1.82, 2.24) is 29.2 Å². The lowest BCUT2D eigenvalue weighted by atomic mass is 9.73. The van der Waals surface area contributed by atoms with Crippen molar-refractivity contribution in [2.45, 2.75) is 51.6 Å². The third-order valence-electron chi connectivity index (χ3n) is 6.94. The lowest BCUT2D eigenvalue weighted by Crippen LogP contribution is -2.30. The summed E-state index contributed by atoms with van der Waals surface area (Å²) < 4.78 is 3.80. The van der Waals surface area contributed by atoms with Gasteiger partial charge in [-0.15, -0.1) is 0 Å². The fourth-order valence-electron chi connectivity index (χ4n) is 5.44. The standard InChI is InChI=1S/C22H22Cl2N6O/c23-14-4-5-16-15(8-14)21-26-18(27-30(21)10-17-20(24)25-13-29(16)17)11-28-12-22(9-19(28)31)6-2-1-3-7-22/h4-5,8,13H,1-3,6-7,9-12H2. The number of carbonyl (C=O) groups excluding carboxylic acids is 1. The molecule has 3 aliphatic rings. The van der Waals surface area contributed by atoms with Crippen LogP contribution >= 0.6 is 23.2 Å². The number of hydrogen-bond acceptors (Lipinski definition) is 4. The van der Waals surface area contributed by atoms with Gasteiger partial charge in [0.25, 0.3) is 0 Å². The highest BCUT2D eigenvalue weighted by Gasteiger charge is 2.43. The Labute approximate surface area is 190 Å². The van der Waals surface area contributed by atoms with Crippen LogP contribution in [0.3, 0.4) is 0 Å². The van der Waals surface area contributed by atoms with Crippen molar-refractivity contribution >= 4 is 29.1 Å². The fourth-order valence-corrected chi connectivity index (χ4v) is 5.81. The minimum Gasteiger partial charge on any atom is -0.334 e. The Balaban J connectivity index is 1.36. The second-order valence-corrected chi connectivity index (χ2v) is 9.80. The van der Waals surface area contributed by atoms with E-state index in [1.54, 1.807) is 6.33 Å². The molecule has 160 valence electrons. The van der Waals surface area contributed by atoms with E-state index >= 15 is 0 Å². The van der Waals surface area contributed by atoms with E-state index in [2.05, 4.69) is 4.98 Å². The van der Waals surface area contributed by atoms with Gasteiger partial charge in [0, 0.05) is 23.6 Å². The zero-order valence-electron chi connectivity index (χ0n) is 17.0. The average molecular weight is 457 g/mol. The van der Waals surface area contributed by atoms with Crippen LogP contribution in [-0.2, 0) is 17.9 Å². The number of fused-ring (bicyclic) bond motifs is 5. The van der Waals surface area contributed by atoms with Crippen LogP contribution < -0.4 is 0 Å². The number of carbonyl (C=O) groups is 1. The van der Waals surface area contributed by atoms with Crippen LogP contribution in [0.25, 0.3) is 17.1 Å². The third kappa shape index (κ3) is 3.17. The molecule has 2 fully saturated rings. The van der Waals surface area contributed by atoms with Gasteiger partial charge in [0.15, 0.2) is 16.8 Å². The third-order valence-corrected chi connectivity index (χ3v) is 7.49. The molecule has 0 unspecified atom stereocenters. The van der Waals surface area contributed by atoms with E-state index in [0.717, 1.165) is 42.2 Å². The second-order valence-electron chi connectivity index (χ2n) is 9.01. The van der Waals surface area contributed by atoms with E-state index in [1.807, 2.05) is 32.3 Å². The molecule has 0 radical (unpaired) electrons. The van der Waals surface area contributed by atoms with Crippen LogP contribution in [0, 0.1) is 5.41 Å². The molecular weight excluding hydrogens is 435 g/mol. The van der Waals surface area contributed by atoms with Gasteiger partial charge in [0.2, 0.25) is 5.91 Å². The number of likely N-dealkylation sites (tertiary alicyclic amines) is 1. The predicted molar refractivity (Wildman–Crippen MR) is 117 cm³/mol. The number of hydrogen-bond donors (Lipinski definition) is 0. The Hall–Kier alpha value is -2.38. The molecular formula is C22H22Cl2N6O. The molecule has 1 amide bonds. The highest BCUT2D eigenvalue weighted by molar-refractivity contribution is 6.31. The van der Waals surface area contributed by atoms with Crippen molar-refractivity contribution < 1.29 is 4.79 Å². The highest BCUT2D eigenvalue weighted by atomic mass is 35.5. The van der Waals surface area contributed by atoms with Crippen molar-refractivity contribution in [3.8, 4) is 17.1 Å². The normalized spacial score (nSPS) is 19.3. The van der Waals surface area contributed by atoms with Gasteiger partial charge in [-0.25, -0.2) is 14.6 Å². The summed E-state index contributed by atoms with van der Waals surface area (Å²) in [7, 11) is 0. The molecule has 6 rings (SSSR count). The molecule has 1 aliphatic carbocycles. The molecule has 3 aromatic rings. The van der Waals surface area contributed by atoms with Crippen LogP contribution in [0.2, 0.25) is 10.2 Å². The number of halogens is 2. The van der Waals surface area contributed by atoms with E-state index in [9.17, 15) is 4.79 Å². The van der Waals surface area contributed by atoms with Gasteiger partial charge in [-0.1, -0.05) is 42.5 Å². The first kappa shape index (κ1) is 19.3. The summed E-state index contributed by atoms with van der Waals surface area (Å²) in [4.78, 5) is 23.8. The Kier molecular flexibility index (Phi) is 4.40. The zero-order chi connectivity index (χ0) is 21.2. The van der Waals surface area contributed by atoms with E-state index in [0.29, 0.717) is 35.5 Å². The smallest absolute Gasteiger partial charge is 0.223 e. The molecule has 1 saturated carbocycles. The summed E-state index contributed by atoms with van der Waals surface area (Å²) >= 11 is 12.7. The van der Waals surface area contributed by atoms with Gasteiger partial charge < -0.3 is 4.90 Å². The average Bonchev–Trinajstić information content (AvgIpc) is 3.38. The molecule has 0 atom stereocenters. The molecule has 1 aromatic carbocycles. The van der Waals surface area contributed by atoms with Crippen molar-refractivity contribution in [3.05, 3.63) is 46.2 Å². The fraction of sp³-hybridized carbons (Fsp3) is 0.455. The first-order chi connectivity index (χ1) is 15.0. The van der Waals surface area contributed by atoms with Gasteiger partial charge >= 0.3 is 0 Å². The summed E-state index contributed by atoms with van der Waals surface area (Å²) in [6.07, 6.45) is 8.41. The molecule has 31 heavy (non-hydrogen) atoms. The minimum atomic E-state index is 0.159. The molecule has 2 aliphatic heterocycles. The monoisotopic (exact) mass is 456 g/mol. The lowest BCUT2D eigenvalue weighted by molar-refractivity contribution is -0.128. The molecule has 9 heteroatoms. The number of imidazole rings is 1. The number of rotatable bonds is 2. The first-order valence-electron chi connectivity index (χ1n) is 10.7. The van der Waals surface area contributed by atoms with Gasteiger partial charge in [-0.05, 0) is 36.5 Å². The lowest BCUT2D eigenvalue weighted by Gasteiger charge is -2.32. The van der Waals surface area contributed by atoms with Gasteiger partial charge in [-0.3, -0.25) is 9.36 Å². The summed E-state index contributed by atoms with van der Waals surface area (Å²) in [5.41, 5.74) is 2.79. The zero-order valence-corrected chi connectivity index (χ0v) is 18.5. The number of aromatic nitrogens is 5. The van der Waals surface area contributed by atoms with E-state index in [4.69, 9.17) is 33.3 Å². The topological polar surface area (TPSA) is 68.8 Å². The number of nitrogens with zero attached hydrogens (tertiary/aromatic N) is 6. The van der Waals surface area contributed by atoms with Gasteiger partial charge in [0.05, 0.1) is 24.5 Å². The Morgan fingerprint density at radius 3 is 2.81 bits per heavy atom. The quantitative estimate of drug-likeness (QED) is 0.445. The number of benzene rings is 1. The molecule has 1 saturated heterocycles. The molecule has 1 spiro atoms. The number of amides is 1. The van der Waals surface area contributed by atoms with Crippen LogP contribution in [-0.4, -0.2) is 41.7 Å². The van der Waals surface area contributed by atoms with E-state index < -0.39 is 0 Å². The Morgan fingerprint density at radius 2 is 1.97 bits per heavy atom. The Bertz CT molecular complexity index is 1190. The maximum Gasteiger partial charge on any atom is 0.223 e. The maximum atomic E-state index is 12.8. The van der Waals surface area contributed by atoms with Crippen LogP contribution in [0.5, 0.6) is 0 Å². The first-order valence-corrected chi connectivity index (χ1v) is 11.5. The van der Waals surface area contributed by atoms with Crippen molar-refractivity contribution in [2.75, 3.05) is 6.54 Å². The van der Waals surface area contributed by atoms with Crippen LogP contribution in [0.1, 0.15) is 50.0 Å². The van der Waals surface area contributed by atoms with E-state index in [-0.39, 0.29) is 11.3 Å². The summed E-state index contributed by atoms with van der Waals surface area (Å²) in [6.45, 7) is 1.70. The molecule has 7 nitrogen and oxygen atoms in total. The van der Waals surface area contributed by atoms with E-state index in [1.165, 1.54) is 19.3 Å². The molecule has 2 aromatic heterocycles. The molecule has 4 heterocycles. The Morgan fingerprint density at radius 1 is 1.13 bits per heavy atom. The van der Waals surface area contributed by atoms with Crippen molar-refractivity contribution in [3.63, 3.8) is 0 Å². The van der Waals surface area contributed by atoms with Crippen molar-refractivity contribution in [2.24, 2.45) is 5.41 Å².